The summed E-state index contributed by atoms with van der Waals surface area (Å²) in [6.07, 6.45) is 5.55. The molecule has 1 aromatic carbocycles. The first-order valence-corrected chi connectivity index (χ1v) is 9.86. The van der Waals surface area contributed by atoms with Gasteiger partial charge >= 0.3 is 0 Å². The van der Waals surface area contributed by atoms with Gasteiger partial charge in [-0.3, -0.25) is 9.55 Å². The van der Waals surface area contributed by atoms with E-state index in [9.17, 15) is 0 Å². The third-order valence-corrected chi connectivity index (χ3v) is 5.64. The van der Waals surface area contributed by atoms with Crippen LogP contribution in [-0.2, 0) is 5.75 Å². The minimum Gasteiger partial charge on any atom is -0.497 e. The van der Waals surface area contributed by atoms with Crippen LogP contribution in [0.3, 0.4) is 0 Å². The van der Waals surface area contributed by atoms with Gasteiger partial charge in [-0.05, 0) is 24.3 Å². The average molecular weight is 380 g/mol. The Balaban J connectivity index is 1.49. The number of methoxy groups -OCH3 is 1. The summed E-state index contributed by atoms with van der Waals surface area (Å²) in [5, 5.41) is 3.94. The number of rotatable bonds is 6. The molecule has 0 saturated heterocycles. The zero-order valence-corrected chi connectivity index (χ0v) is 15.7. The van der Waals surface area contributed by atoms with Crippen LogP contribution in [0, 0.1) is 0 Å². The van der Waals surface area contributed by atoms with Gasteiger partial charge in [0.15, 0.2) is 5.16 Å². The van der Waals surface area contributed by atoms with Crippen molar-refractivity contribution in [2.75, 3.05) is 7.11 Å². The van der Waals surface area contributed by atoms with Crippen molar-refractivity contribution < 1.29 is 4.74 Å². The van der Waals surface area contributed by atoms with Gasteiger partial charge in [-0.2, -0.15) is 0 Å². The zero-order valence-electron chi connectivity index (χ0n) is 14.1. The second-order valence-corrected chi connectivity index (χ2v) is 7.23. The van der Waals surface area contributed by atoms with Gasteiger partial charge in [0.2, 0.25) is 0 Å². The Kier molecular flexibility index (Phi) is 4.99. The van der Waals surface area contributed by atoms with E-state index in [-0.39, 0.29) is 0 Å². The molecule has 0 atom stereocenters. The Labute approximate surface area is 159 Å². The molecule has 0 unspecified atom stereocenters. The molecule has 26 heavy (non-hydrogen) atoms. The molecule has 0 aliphatic carbocycles. The molecule has 3 heterocycles. The fourth-order valence-corrected chi connectivity index (χ4v) is 4.24. The molecule has 0 saturated carbocycles. The summed E-state index contributed by atoms with van der Waals surface area (Å²) in [6.45, 7) is 0. The number of nitrogens with zero attached hydrogens (tertiary/aromatic N) is 4. The van der Waals surface area contributed by atoms with Crippen molar-refractivity contribution in [2.24, 2.45) is 0 Å². The monoisotopic (exact) mass is 380 g/mol. The van der Waals surface area contributed by atoms with Crippen molar-refractivity contribution >= 4 is 23.1 Å². The van der Waals surface area contributed by atoms with E-state index in [1.807, 2.05) is 54.9 Å². The number of thioether (sulfide) groups is 1. The summed E-state index contributed by atoms with van der Waals surface area (Å²) < 4.78 is 7.37. The van der Waals surface area contributed by atoms with Gasteiger partial charge in [-0.15, -0.1) is 11.3 Å². The predicted molar refractivity (Wildman–Crippen MR) is 105 cm³/mol. The van der Waals surface area contributed by atoms with E-state index in [0.29, 0.717) is 0 Å². The number of hydrogen-bond donors (Lipinski definition) is 0. The molecule has 7 heteroatoms. The molecule has 4 aromatic rings. The molecule has 0 bridgehead atoms. The second-order valence-electron chi connectivity index (χ2n) is 5.43. The molecule has 0 aliphatic rings. The minimum absolute atomic E-state index is 0.754. The molecule has 3 aromatic heterocycles. The lowest BCUT2D eigenvalue weighted by molar-refractivity contribution is 0.414. The number of benzene rings is 1. The fourth-order valence-electron chi connectivity index (χ4n) is 2.47. The van der Waals surface area contributed by atoms with E-state index in [1.54, 1.807) is 36.4 Å². The number of thiazole rings is 1. The summed E-state index contributed by atoms with van der Waals surface area (Å²) in [4.78, 5) is 13.5. The Morgan fingerprint density at radius 3 is 2.92 bits per heavy atom. The first kappa shape index (κ1) is 16.8. The van der Waals surface area contributed by atoms with Gasteiger partial charge in [-0.25, -0.2) is 9.97 Å². The molecule has 5 nitrogen and oxygen atoms in total. The molecule has 0 radical (unpaired) electrons. The molecule has 0 spiro atoms. The average Bonchev–Trinajstić information content (AvgIpc) is 3.36. The van der Waals surface area contributed by atoms with Gasteiger partial charge in [0, 0.05) is 35.8 Å². The van der Waals surface area contributed by atoms with Crippen LogP contribution in [0.15, 0.2) is 71.6 Å². The van der Waals surface area contributed by atoms with Crippen LogP contribution < -0.4 is 4.74 Å². The standard InChI is InChI=1S/C19H16N4OS2/c1-24-16-6-4-5-15(11-16)23-10-9-21-19(23)26-13-14-12-25-18(22-14)17-7-2-3-8-20-17/h2-12H,13H2,1H3. The van der Waals surface area contributed by atoms with Crippen LogP contribution in [0.1, 0.15) is 5.69 Å². The van der Waals surface area contributed by atoms with Crippen molar-refractivity contribution in [3.8, 4) is 22.1 Å². The van der Waals surface area contributed by atoms with Gasteiger partial charge in [0.1, 0.15) is 10.8 Å². The topological polar surface area (TPSA) is 52.8 Å². The summed E-state index contributed by atoms with van der Waals surface area (Å²) in [5.74, 6) is 1.58. The van der Waals surface area contributed by atoms with E-state index in [0.717, 1.165) is 38.7 Å². The van der Waals surface area contributed by atoms with Crippen LogP contribution in [0.4, 0.5) is 0 Å². The molecule has 0 N–H and O–H groups in total. The zero-order chi connectivity index (χ0) is 17.8. The van der Waals surface area contributed by atoms with Crippen LogP contribution >= 0.6 is 23.1 Å². The van der Waals surface area contributed by atoms with Gasteiger partial charge in [0.05, 0.1) is 24.2 Å². The summed E-state index contributed by atoms with van der Waals surface area (Å²) in [6, 6.07) is 13.8. The largest absolute Gasteiger partial charge is 0.497 e. The Bertz CT molecular complexity index is 997. The van der Waals surface area contributed by atoms with Crippen LogP contribution in [-0.4, -0.2) is 26.6 Å². The van der Waals surface area contributed by atoms with E-state index in [2.05, 4.69) is 24.9 Å². The van der Waals surface area contributed by atoms with E-state index in [4.69, 9.17) is 4.74 Å². The first-order chi connectivity index (χ1) is 12.8. The van der Waals surface area contributed by atoms with Gasteiger partial charge < -0.3 is 4.74 Å². The first-order valence-electron chi connectivity index (χ1n) is 8.00. The number of ether oxygens (including phenoxy) is 1. The summed E-state index contributed by atoms with van der Waals surface area (Å²) >= 11 is 3.27. The highest BCUT2D eigenvalue weighted by Gasteiger charge is 2.10. The smallest absolute Gasteiger partial charge is 0.172 e. The Hall–Kier alpha value is -2.64. The van der Waals surface area contributed by atoms with Crippen molar-refractivity contribution in [2.45, 2.75) is 10.9 Å². The molecular weight excluding hydrogens is 364 g/mol. The normalized spacial score (nSPS) is 10.8. The highest BCUT2D eigenvalue weighted by atomic mass is 32.2. The lowest BCUT2D eigenvalue weighted by Crippen LogP contribution is -1.96. The van der Waals surface area contributed by atoms with Crippen molar-refractivity contribution in [1.82, 2.24) is 19.5 Å². The molecule has 0 fully saturated rings. The van der Waals surface area contributed by atoms with E-state index in [1.165, 1.54) is 0 Å². The number of pyridine rings is 1. The van der Waals surface area contributed by atoms with Crippen LogP contribution in [0.25, 0.3) is 16.4 Å². The maximum absolute atomic E-state index is 5.31. The lowest BCUT2D eigenvalue weighted by atomic mass is 10.3. The number of imidazole rings is 1. The molecular formula is C19H16N4OS2. The highest BCUT2D eigenvalue weighted by molar-refractivity contribution is 7.98. The minimum atomic E-state index is 0.754. The maximum atomic E-state index is 5.31. The quantitative estimate of drug-likeness (QED) is 0.454. The third kappa shape index (κ3) is 3.63. The number of aromatic nitrogens is 4. The van der Waals surface area contributed by atoms with Crippen LogP contribution in [0.5, 0.6) is 5.75 Å². The van der Waals surface area contributed by atoms with Gasteiger partial charge in [-0.1, -0.05) is 23.9 Å². The molecule has 4 rings (SSSR count). The summed E-state index contributed by atoms with van der Waals surface area (Å²) in [7, 11) is 1.67. The highest BCUT2D eigenvalue weighted by Crippen LogP contribution is 2.28. The SMILES string of the molecule is COc1cccc(-n2ccnc2SCc2csc(-c3ccccn3)n2)c1. The van der Waals surface area contributed by atoms with Crippen LogP contribution in [0.2, 0.25) is 0 Å². The van der Waals surface area contributed by atoms with Crippen molar-refractivity contribution in [3.63, 3.8) is 0 Å². The predicted octanol–water partition coefficient (Wildman–Crippen LogP) is 4.69. The second kappa shape index (κ2) is 7.72. The number of hydrogen-bond acceptors (Lipinski definition) is 6. The Morgan fingerprint density at radius 1 is 1.12 bits per heavy atom. The fraction of sp³-hybridized carbons (Fsp3) is 0.105. The third-order valence-electron chi connectivity index (χ3n) is 3.72. The van der Waals surface area contributed by atoms with Crippen molar-refractivity contribution in [3.05, 3.63) is 72.1 Å². The summed E-state index contributed by atoms with van der Waals surface area (Å²) in [5.41, 5.74) is 2.96. The molecule has 130 valence electrons. The van der Waals surface area contributed by atoms with Crippen molar-refractivity contribution in [1.29, 1.82) is 0 Å². The van der Waals surface area contributed by atoms with Gasteiger partial charge in [0.25, 0.3) is 0 Å². The lowest BCUT2D eigenvalue weighted by Gasteiger charge is -2.08. The molecule has 0 aliphatic heterocycles. The van der Waals surface area contributed by atoms with E-state index < -0.39 is 0 Å². The molecule has 0 amide bonds. The Morgan fingerprint density at radius 2 is 2.08 bits per heavy atom. The maximum Gasteiger partial charge on any atom is 0.172 e. The van der Waals surface area contributed by atoms with E-state index >= 15 is 0 Å².